The highest BCUT2D eigenvalue weighted by atomic mass is 32.1. The molecule has 0 saturated heterocycles. The van der Waals surface area contributed by atoms with Crippen molar-refractivity contribution in [2.45, 2.75) is 19.3 Å². The maximum absolute atomic E-state index is 12.2. The summed E-state index contributed by atoms with van der Waals surface area (Å²) in [7, 11) is 0. The number of nitrogens with zero attached hydrogens (tertiary/aromatic N) is 1. The summed E-state index contributed by atoms with van der Waals surface area (Å²) < 4.78 is 5.36. The fourth-order valence-corrected chi connectivity index (χ4v) is 3.28. The van der Waals surface area contributed by atoms with E-state index in [2.05, 4.69) is 21.9 Å². The number of aromatic nitrogens is 1. The van der Waals surface area contributed by atoms with Crippen LogP contribution in [0.15, 0.2) is 56.7 Å². The van der Waals surface area contributed by atoms with Gasteiger partial charge in [0.05, 0.1) is 11.3 Å². The maximum Gasteiger partial charge on any atom is 0.345 e. The molecule has 0 atom stereocenters. The maximum atomic E-state index is 12.2. The van der Waals surface area contributed by atoms with Crippen LogP contribution in [0.1, 0.15) is 19.3 Å². The van der Waals surface area contributed by atoms with Gasteiger partial charge in [-0.15, -0.1) is 11.3 Å². The Bertz CT molecular complexity index is 942. The number of hydrazine groups is 1. The van der Waals surface area contributed by atoms with E-state index in [-0.39, 0.29) is 5.63 Å². The number of rotatable bonds is 4. The van der Waals surface area contributed by atoms with Gasteiger partial charge < -0.3 is 9.84 Å². The molecule has 1 aliphatic rings. The van der Waals surface area contributed by atoms with Crippen LogP contribution < -0.4 is 16.5 Å². The van der Waals surface area contributed by atoms with Crippen molar-refractivity contribution in [2.24, 2.45) is 0 Å². The smallest absolute Gasteiger partial charge is 0.345 e. The van der Waals surface area contributed by atoms with Gasteiger partial charge in [0.15, 0.2) is 0 Å². The number of para-hydroxylation sites is 1. The molecular weight excluding hydrogens is 310 g/mol. The first-order chi connectivity index (χ1) is 11.3. The van der Waals surface area contributed by atoms with Crippen LogP contribution >= 0.6 is 11.3 Å². The molecular formula is C17H15N3O2S. The van der Waals surface area contributed by atoms with E-state index in [0.29, 0.717) is 16.8 Å². The zero-order valence-electron chi connectivity index (χ0n) is 12.3. The Morgan fingerprint density at radius 1 is 1.22 bits per heavy atom. The van der Waals surface area contributed by atoms with Gasteiger partial charge in [-0.2, -0.15) is 0 Å². The van der Waals surface area contributed by atoms with Crippen LogP contribution in [0.25, 0.3) is 22.2 Å². The molecule has 1 aliphatic carbocycles. The van der Waals surface area contributed by atoms with Gasteiger partial charge in [0, 0.05) is 16.5 Å². The molecule has 2 N–H and O–H groups in total. The summed E-state index contributed by atoms with van der Waals surface area (Å²) in [6, 6.07) is 9.29. The Labute approximate surface area is 136 Å². The van der Waals surface area contributed by atoms with Gasteiger partial charge >= 0.3 is 5.63 Å². The molecule has 0 aliphatic heterocycles. The molecule has 1 aromatic carbocycles. The first-order valence-electron chi connectivity index (χ1n) is 7.49. The Hall–Kier alpha value is -2.60. The minimum atomic E-state index is -0.369. The van der Waals surface area contributed by atoms with Crippen molar-refractivity contribution in [1.29, 1.82) is 0 Å². The molecule has 0 bridgehead atoms. The molecule has 0 fully saturated rings. The zero-order valence-corrected chi connectivity index (χ0v) is 13.2. The van der Waals surface area contributed by atoms with Crippen molar-refractivity contribution in [3.8, 4) is 11.3 Å². The number of benzene rings is 1. The minimum absolute atomic E-state index is 0.369. The van der Waals surface area contributed by atoms with Gasteiger partial charge in [-0.3, -0.25) is 5.43 Å². The third kappa shape index (κ3) is 2.85. The predicted molar refractivity (Wildman–Crippen MR) is 92.3 cm³/mol. The third-order valence-electron chi connectivity index (χ3n) is 3.79. The monoisotopic (exact) mass is 325 g/mol. The van der Waals surface area contributed by atoms with Crippen molar-refractivity contribution in [3.05, 3.63) is 57.9 Å². The lowest BCUT2D eigenvalue weighted by molar-refractivity contribution is 0.563. The molecule has 6 heteroatoms. The van der Waals surface area contributed by atoms with Gasteiger partial charge in [0.25, 0.3) is 0 Å². The van der Waals surface area contributed by atoms with Crippen LogP contribution in [0.4, 0.5) is 5.13 Å². The highest BCUT2D eigenvalue weighted by Gasteiger charge is 2.12. The quantitative estimate of drug-likeness (QED) is 0.562. The van der Waals surface area contributed by atoms with E-state index in [4.69, 9.17) is 4.42 Å². The van der Waals surface area contributed by atoms with Gasteiger partial charge in [-0.1, -0.05) is 24.3 Å². The number of nitrogens with one attached hydrogen (secondary N) is 2. The molecule has 2 aromatic heterocycles. The Balaban J connectivity index is 1.60. The zero-order chi connectivity index (χ0) is 15.6. The molecule has 0 saturated carbocycles. The summed E-state index contributed by atoms with van der Waals surface area (Å²) in [4.78, 5) is 16.6. The summed E-state index contributed by atoms with van der Waals surface area (Å²) in [6.45, 7) is 0. The number of hydrogen-bond donors (Lipinski definition) is 2. The molecule has 116 valence electrons. The van der Waals surface area contributed by atoms with E-state index in [0.717, 1.165) is 23.4 Å². The van der Waals surface area contributed by atoms with Crippen molar-refractivity contribution in [1.82, 2.24) is 10.4 Å². The highest BCUT2D eigenvalue weighted by molar-refractivity contribution is 7.14. The van der Waals surface area contributed by atoms with Crippen molar-refractivity contribution in [3.63, 3.8) is 0 Å². The lowest BCUT2D eigenvalue weighted by Crippen LogP contribution is -2.19. The third-order valence-corrected chi connectivity index (χ3v) is 4.55. The molecule has 0 spiro atoms. The van der Waals surface area contributed by atoms with Crippen molar-refractivity contribution in [2.75, 3.05) is 5.43 Å². The van der Waals surface area contributed by atoms with Crippen LogP contribution in [0.3, 0.4) is 0 Å². The normalized spacial score (nSPS) is 14.0. The molecule has 5 nitrogen and oxygen atoms in total. The second kappa shape index (κ2) is 5.89. The van der Waals surface area contributed by atoms with Crippen molar-refractivity contribution >= 4 is 27.4 Å². The van der Waals surface area contributed by atoms with Gasteiger partial charge in [0.1, 0.15) is 5.58 Å². The molecule has 2 heterocycles. The average Bonchev–Trinajstić information content (AvgIpc) is 3.24. The number of allylic oxidation sites excluding steroid dienone is 2. The molecule has 4 rings (SSSR count). The lowest BCUT2D eigenvalue weighted by atomic mass is 10.1. The van der Waals surface area contributed by atoms with Crippen LogP contribution in [0.2, 0.25) is 0 Å². The lowest BCUT2D eigenvalue weighted by Gasteiger charge is -2.06. The number of hydrogen-bond acceptors (Lipinski definition) is 6. The van der Waals surface area contributed by atoms with E-state index in [9.17, 15) is 4.79 Å². The number of fused-ring (bicyclic) bond motifs is 1. The number of thiazole rings is 1. The molecule has 3 aromatic rings. The second-order valence-corrected chi connectivity index (χ2v) is 6.25. The summed E-state index contributed by atoms with van der Waals surface area (Å²) >= 11 is 1.45. The largest absolute Gasteiger partial charge is 0.422 e. The molecule has 0 radical (unpaired) electrons. The summed E-state index contributed by atoms with van der Waals surface area (Å²) in [5, 5.41) is 3.47. The van der Waals surface area contributed by atoms with Gasteiger partial charge in [-0.25, -0.2) is 9.78 Å². The van der Waals surface area contributed by atoms with E-state index in [1.807, 2.05) is 29.6 Å². The first-order valence-corrected chi connectivity index (χ1v) is 8.37. The Kier molecular flexibility index (Phi) is 3.59. The predicted octanol–water partition coefficient (Wildman–Crippen LogP) is 3.90. The fraction of sp³-hybridized carbons (Fsp3) is 0.176. The standard InChI is InChI=1S/C17H15N3O2S/c21-16-13(9-11-5-1-4-8-15(11)22-16)14-10-23-17(18-14)20-19-12-6-2-3-7-12/h1,4-6,8-10,19H,2-3,7H2,(H,18,20). The fourth-order valence-electron chi connectivity index (χ4n) is 2.61. The van der Waals surface area contributed by atoms with Crippen LogP contribution in [0, 0.1) is 0 Å². The molecule has 0 unspecified atom stereocenters. The van der Waals surface area contributed by atoms with Crippen LogP contribution in [0.5, 0.6) is 0 Å². The van der Waals surface area contributed by atoms with E-state index >= 15 is 0 Å². The second-order valence-electron chi connectivity index (χ2n) is 5.39. The molecule has 23 heavy (non-hydrogen) atoms. The number of anilines is 1. The van der Waals surface area contributed by atoms with Crippen molar-refractivity contribution < 1.29 is 4.42 Å². The Morgan fingerprint density at radius 3 is 3.00 bits per heavy atom. The summed E-state index contributed by atoms with van der Waals surface area (Å²) in [5.41, 5.74) is 8.76. The summed E-state index contributed by atoms with van der Waals surface area (Å²) in [5.74, 6) is 0. The molecule has 0 amide bonds. The van der Waals surface area contributed by atoms with E-state index in [1.54, 1.807) is 6.07 Å². The highest BCUT2D eigenvalue weighted by Crippen LogP contribution is 2.25. The van der Waals surface area contributed by atoms with Gasteiger partial charge in [-0.05, 0) is 31.4 Å². The Morgan fingerprint density at radius 2 is 2.13 bits per heavy atom. The van der Waals surface area contributed by atoms with Crippen LogP contribution in [-0.4, -0.2) is 4.98 Å². The summed E-state index contributed by atoms with van der Waals surface area (Å²) in [6.07, 6.45) is 5.54. The SMILES string of the molecule is O=c1oc2ccccc2cc1-c1csc(NNC2=CCCC2)n1. The van der Waals surface area contributed by atoms with Crippen LogP contribution in [-0.2, 0) is 0 Å². The topological polar surface area (TPSA) is 67.2 Å². The average molecular weight is 325 g/mol. The van der Waals surface area contributed by atoms with E-state index < -0.39 is 0 Å². The van der Waals surface area contributed by atoms with Gasteiger partial charge in [0.2, 0.25) is 5.13 Å². The first kappa shape index (κ1) is 14.0. The minimum Gasteiger partial charge on any atom is -0.422 e. The van der Waals surface area contributed by atoms with E-state index in [1.165, 1.54) is 23.5 Å².